The van der Waals surface area contributed by atoms with Gasteiger partial charge in [0.05, 0.1) is 12.0 Å². The lowest BCUT2D eigenvalue weighted by molar-refractivity contribution is -0.171. The number of fused-ring (bicyclic) bond motifs is 1. The van der Waals surface area contributed by atoms with E-state index in [1.165, 1.54) is 17.6 Å². The third kappa shape index (κ3) is 1.62. The Morgan fingerprint density at radius 2 is 2.05 bits per heavy atom. The second-order valence-electron chi connectivity index (χ2n) is 6.82. The van der Waals surface area contributed by atoms with Crippen LogP contribution in [0, 0.1) is 17.8 Å². The summed E-state index contributed by atoms with van der Waals surface area (Å²) in [7, 11) is 0. The first-order valence-corrected chi connectivity index (χ1v) is 7.96. The summed E-state index contributed by atoms with van der Waals surface area (Å²) < 4.78 is 6.55. The van der Waals surface area contributed by atoms with E-state index in [1.54, 1.807) is 0 Å². The fourth-order valence-electron chi connectivity index (χ4n) is 4.88. The number of carbonyl (C=O) groups is 1. The standard InChI is InChI=1S/C17H26O2/c1-5-12-15(18)13(6-2)17-9-10(3)7-8-14(17)11(4)16(12)19-17/h10,12-13,16H,5-9H2,1-4H3/t10?,12-,13-,16-,17+/m1/s1. The van der Waals surface area contributed by atoms with E-state index in [-0.39, 0.29) is 23.5 Å². The number of rotatable bonds is 2. The van der Waals surface area contributed by atoms with Crippen molar-refractivity contribution in [3.63, 3.8) is 0 Å². The lowest BCUT2D eigenvalue weighted by Crippen LogP contribution is -2.54. The highest BCUT2D eigenvalue weighted by Crippen LogP contribution is 2.57. The van der Waals surface area contributed by atoms with E-state index in [2.05, 4.69) is 27.7 Å². The molecule has 2 fully saturated rings. The van der Waals surface area contributed by atoms with Crippen molar-refractivity contribution < 1.29 is 9.53 Å². The summed E-state index contributed by atoms with van der Waals surface area (Å²) in [6.07, 6.45) is 5.37. The van der Waals surface area contributed by atoms with Crippen LogP contribution in [0.15, 0.2) is 11.1 Å². The van der Waals surface area contributed by atoms with Crippen LogP contribution in [-0.4, -0.2) is 17.5 Å². The predicted molar refractivity (Wildman–Crippen MR) is 75.9 cm³/mol. The second-order valence-corrected chi connectivity index (χ2v) is 6.82. The Morgan fingerprint density at radius 3 is 2.68 bits per heavy atom. The summed E-state index contributed by atoms with van der Waals surface area (Å²) in [6.45, 7) is 8.80. The molecule has 1 aliphatic carbocycles. The van der Waals surface area contributed by atoms with E-state index in [1.807, 2.05) is 0 Å². The zero-order valence-electron chi connectivity index (χ0n) is 12.7. The summed E-state index contributed by atoms with van der Waals surface area (Å²) >= 11 is 0. The van der Waals surface area contributed by atoms with Gasteiger partial charge in [-0.3, -0.25) is 4.79 Å². The molecule has 1 saturated heterocycles. The lowest BCUT2D eigenvalue weighted by Gasteiger charge is -2.48. The molecule has 0 aromatic heterocycles. The third-order valence-electron chi connectivity index (χ3n) is 5.78. The normalized spacial score (nSPS) is 45.6. The van der Waals surface area contributed by atoms with Crippen LogP contribution in [0.4, 0.5) is 0 Å². The molecule has 2 nitrogen and oxygen atoms in total. The van der Waals surface area contributed by atoms with Gasteiger partial charge in [-0.2, -0.15) is 0 Å². The first kappa shape index (κ1) is 13.4. The van der Waals surface area contributed by atoms with Gasteiger partial charge in [-0.05, 0) is 56.1 Å². The zero-order valence-corrected chi connectivity index (χ0v) is 12.7. The maximum absolute atomic E-state index is 12.8. The monoisotopic (exact) mass is 262 g/mol. The molecule has 0 amide bonds. The summed E-state index contributed by atoms with van der Waals surface area (Å²) in [5.41, 5.74) is 2.67. The molecule has 0 N–H and O–H groups in total. The number of carbonyl (C=O) groups excluding carboxylic acids is 1. The Kier molecular flexibility index (Phi) is 3.12. The second kappa shape index (κ2) is 4.44. The molecule has 1 unspecified atom stereocenters. The van der Waals surface area contributed by atoms with Gasteiger partial charge in [0.1, 0.15) is 11.4 Å². The van der Waals surface area contributed by atoms with Gasteiger partial charge >= 0.3 is 0 Å². The highest BCUT2D eigenvalue weighted by molar-refractivity contribution is 5.88. The molecular formula is C17H26O2. The lowest BCUT2D eigenvalue weighted by atomic mass is 9.65. The number of Topliss-reactive ketones (excluding diaryl/α,β-unsaturated/α-hetero) is 1. The van der Waals surface area contributed by atoms with E-state index < -0.39 is 0 Å². The van der Waals surface area contributed by atoms with Crippen LogP contribution in [0.5, 0.6) is 0 Å². The molecule has 3 aliphatic rings. The number of ketones is 1. The molecule has 19 heavy (non-hydrogen) atoms. The summed E-state index contributed by atoms with van der Waals surface area (Å²) in [4.78, 5) is 12.8. The largest absolute Gasteiger partial charge is 0.362 e. The minimum absolute atomic E-state index is 0.0839. The van der Waals surface area contributed by atoms with Crippen molar-refractivity contribution in [2.75, 3.05) is 0 Å². The summed E-state index contributed by atoms with van der Waals surface area (Å²) in [5.74, 6) is 1.35. The number of ether oxygens (including phenoxy) is 1. The van der Waals surface area contributed by atoms with Crippen LogP contribution in [0.2, 0.25) is 0 Å². The minimum atomic E-state index is -0.218. The van der Waals surface area contributed by atoms with Crippen LogP contribution in [-0.2, 0) is 9.53 Å². The van der Waals surface area contributed by atoms with Crippen LogP contribution in [0.25, 0.3) is 0 Å². The van der Waals surface area contributed by atoms with Gasteiger partial charge in [0.15, 0.2) is 0 Å². The van der Waals surface area contributed by atoms with Crippen molar-refractivity contribution in [3.8, 4) is 0 Å². The van der Waals surface area contributed by atoms with E-state index >= 15 is 0 Å². The molecule has 3 rings (SSSR count). The topological polar surface area (TPSA) is 26.3 Å². The molecule has 2 heteroatoms. The van der Waals surface area contributed by atoms with Crippen LogP contribution in [0.3, 0.4) is 0 Å². The van der Waals surface area contributed by atoms with Crippen molar-refractivity contribution in [2.45, 2.75) is 71.5 Å². The smallest absolute Gasteiger partial charge is 0.145 e. The third-order valence-corrected chi connectivity index (χ3v) is 5.78. The zero-order chi connectivity index (χ0) is 13.8. The molecule has 5 atom stereocenters. The number of hydrogen-bond acceptors (Lipinski definition) is 2. The Labute approximate surface area is 116 Å². The molecule has 106 valence electrons. The first-order valence-electron chi connectivity index (χ1n) is 7.96. The Bertz CT molecular complexity index is 437. The van der Waals surface area contributed by atoms with Gasteiger partial charge in [0.25, 0.3) is 0 Å². The SMILES string of the molecule is CC[C@@H]1C(=O)[C@@H](CC)[C@@]23CC(C)CCC2=C(C)[C@H]1O3. The average molecular weight is 262 g/mol. The Morgan fingerprint density at radius 1 is 1.32 bits per heavy atom. The Hall–Kier alpha value is -0.630. The van der Waals surface area contributed by atoms with Gasteiger partial charge < -0.3 is 4.74 Å². The molecule has 2 aliphatic heterocycles. The fourth-order valence-corrected chi connectivity index (χ4v) is 4.88. The predicted octanol–water partition coefficient (Wildman–Crippen LogP) is 3.90. The van der Waals surface area contributed by atoms with Crippen LogP contribution >= 0.6 is 0 Å². The first-order chi connectivity index (χ1) is 9.05. The molecule has 2 bridgehead atoms. The summed E-state index contributed by atoms with van der Waals surface area (Å²) in [5, 5.41) is 0. The molecule has 1 spiro atoms. The average Bonchev–Trinajstić information content (AvgIpc) is 2.61. The molecular weight excluding hydrogens is 236 g/mol. The van der Waals surface area contributed by atoms with E-state index in [0.29, 0.717) is 11.7 Å². The number of hydrogen-bond donors (Lipinski definition) is 0. The van der Waals surface area contributed by atoms with Gasteiger partial charge in [0, 0.05) is 5.92 Å². The van der Waals surface area contributed by atoms with Crippen LogP contribution < -0.4 is 0 Å². The van der Waals surface area contributed by atoms with Crippen molar-refractivity contribution in [3.05, 3.63) is 11.1 Å². The molecule has 0 aromatic rings. The summed E-state index contributed by atoms with van der Waals surface area (Å²) in [6, 6.07) is 0. The van der Waals surface area contributed by atoms with Crippen molar-refractivity contribution in [1.29, 1.82) is 0 Å². The molecule has 2 heterocycles. The fraction of sp³-hybridized carbons (Fsp3) is 0.824. The van der Waals surface area contributed by atoms with Gasteiger partial charge in [0.2, 0.25) is 0 Å². The van der Waals surface area contributed by atoms with E-state index in [9.17, 15) is 4.79 Å². The van der Waals surface area contributed by atoms with Crippen molar-refractivity contribution in [1.82, 2.24) is 0 Å². The minimum Gasteiger partial charge on any atom is -0.362 e. The Balaban J connectivity index is 2.10. The van der Waals surface area contributed by atoms with Gasteiger partial charge in [-0.25, -0.2) is 0 Å². The molecule has 1 saturated carbocycles. The maximum Gasteiger partial charge on any atom is 0.145 e. The van der Waals surface area contributed by atoms with Crippen LogP contribution in [0.1, 0.15) is 59.8 Å². The van der Waals surface area contributed by atoms with E-state index in [4.69, 9.17) is 4.74 Å². The molecule has 0 radical (unpaired) electrons. The highest BCUT2D eigenvalue weighted by atomic mass is 16.5. The molecule has 0 aromatic carbocycles. The van der Waals surface area contributed by atoms with Gasteiger partial charge in [-0.15, -0.1) is 0 Å². The quantitative estimate of drug-likeness (QED) is 0.706. The van der Waals surface area contributed by atoms with Crippen molar-refractivity contribution in [2.24, 2.45) is 17.8 Å². The van der Waals surface area contributed by atoms with E-state index in [0.717, 1.165) is 25.7 Å². The van der Waals surface area contributed by atoms with Gasteiger partial charge in [-0.1, -0.05) is 20.8 Å². The van der Waals surface area contributed by atoms with Crippen molar-refractivity contribution >= 4 is 5.78 Å². The highest BCUT2D eigenvalue weighted by Gasteiger charge is 2.60. The maximum atomic E-state index is 12.8.